The summed E-state index contributed by atoms with van der Waals surface area (Å²) < 4.78 is 10.6. The first kappa shape index (κ1) is 13.6. The van der Waals surface area contributed by atoms with Gasteiger partial charge in [-0.2, -0.15) is 0 Å². The maximum Gasteiger partial charge on any atom is 0.163 e. The first-order valence-electron chi connectivity index (χ1n) is 4.81. The second-order valence-corrected chi connectivity index (χ2v) is 3.81. The molecule has 0 rings (SSSR count). The van der Waals surface area contributed by atoms with E-state index in [1.54, 1.807) is 0 Å². The van der Waals surface area contributed by atoms with E-state index in [9.17, 15) is 0 Å². The number of hydrogen-bond acceptors (Lipinski definition) is 3. The van der Waals surface area contributed by atoms with Crippen molar-refractivity contribution in [2.75, 3.05) is 33.0 Å². The minimum absolute atomic E-state index is 0.310. The van der Waals surface area contributed by atoms with Crippen LogP contribution in [0.15, 0.2) is 0 Å². The van der Waals surface area contributed by atoms with Crippen LogP contribution >= 0.6 is 12.2 Å². The maximum absolute atomic E-state index is 5.33. The van der Waals surface area contributed by atoms with Gasteiger partial charge in [0.05, 0.1) is 19.8 Å². The molecule has 0 aromatic heterocycles. The molecular formula is C9H20N2O2S. The number of ether oxygens (including phenoxy) is 2. The molecule has 0 aliphatic heterocycles. The highest BCUT2D eigenvalue weighted by Gasteiger charge is 1.93. The highest BCUT2D eigenvalue weighted by molar-refractivity contribution is 7.80. The SMILES string of the molecule is CC(C)COCCOCCNC(N)=S. The van der Waals surface area contributed by atoms with Crippen molar-refractivity contribution in [3.8, 4) is 0 Å². The molecule has 0 aromatic rings. The van der Waals surface area contributed by atoms with Crippen LogP contribution < -0.4 is 11.1 Å². The van der Waals surface area contributed by atoms with Gasteiger partial charge in [0, 0.05) is 13.2 Å². The summed E-state index contributed by atoms with van der Waals surface area (Å²) in [6.45, 7) is 7.54. The van der Waals surface area contributed by atoms with Gasteiger partial charge in [-0.15, -0.1) is 0 Å². The van der Waals surface area contributed by atoms with Gasteiger partial charge in [0.2, 0.25) is 0 Å². The zero-order chi connectivity index (χ0) is 10.8. The van der Waals surface area contributed by atoms with Crippen LogP contribution in [0.1, 0.15) is 13.8 Å². The summed E-state index contributed by atoms with van der Waals surface area (Å²) >= 11 is 4.63. The smallest absolute Gasteiger partial charge is 0.163 e. The van der Waals surface area contributed by atoms with E-state index in [0.29, 0.717) is 37.4 Å². The summed E-state index contributed by atoms with van der Waals surface area (Å²) in [7, 11) is 0. The molecule has 0 saturated heterocycles. The molecule has 0 aromatic carbocycles. The summed E-state index contributed by atoms with van der Waals surface area (Å²) in [6, 6.07) is 0. The van der Waals surface area contributed by atoms with Crippen LogP contribution in [0.2, 0.25) is 0 Å². The second kappa shape index (κ2) is 9.18. The summed E-state index contributed by atoms with van der Waals surface area (Å²) in [6.07, 6.45) is 0. The number of thiocarbonyl (C=S) groups is 1. The van der Waals surface area contributed by atoms with Crippen molar-refractivity contribution < 1.29 is 9.47 Å². The van der Waals surface area contributed by atoms with E-state index in [4.69, 9.17) is 15.2 Å². The van der Waals surface area contributed by atoms with Crippen LogP contribution in [0.5, 0.6) is 0 Å². The van der Waals surface area contributed by atoms with E-state index in [0.717, 1.165) is 6.61 Å². The second-order valence-electron chi connectivity index (χ2n) is 3.37. The maximum atomic E-state index is 5.33. The molecular weight excluding hydrogens is 200 g/mol. The van der Waals surface area contributed by atoms with Gasteiger partial charge in [0.1, 0.15) is 0 Å². The van der Waals surface area contributed by atoms with Crippen molar-refractivity contribution in [3.05, 3.63) is 0 Å². The Kier molecular flexibility index (Phi) is 8.92. The summed E-state index contributed by atoms with van der Waals surface area (Å²) in [5, 5.41) is 3.11. The fraction of sp³-hybridized carbons (Fsp3) is 0.889. The standard InChI is InChI=1S/C9H20N2O2S/c1-8(2)7-13-6-5-12-4-3-11-9(10)14/h8H,3-7H2,1-2H3,(H3,10,11,14). The third-order valence-electron chi connectivity index (χ3n) is 1.37. The van der Waals surface area contributed by atoms with Crippen molar-refractivity contribution in [1.82, 2.24) is 5.32 Å². The highest BCUT2D eigenvalue weighted by Crippen LogP contribution is 1.91. The van der Waals surface area contributed by atoms with Crippen LogP contribution in [0.25, 0.3) is 0 Å². The molecule has 0 heterocycles. The highest BCUT2D eigenvalue weighted by atomic mass is 32.1. The van der Waals surface area contributed by atoms with Crippen molar-refractivity contribution in [2.24, 2.45) is 11.7 Å². The predicted molar refractivity (Wildman–Crippen MR) is 61.3 cm³/mol. The van der Waals surface area contributed by atoms with Gasteiger partial charge in [-0.05, 0) is 18.1 Å². The molecule has 0 bridgehead atoms. The Bertz CT molecular complexity index is 154. The van der Waals surface area contributed by atoms with Gasteiger partial charge in [0.15, 0.2) is 5.11 Å². The molecule has 0 radical (unpaired) electrons. The Balaban J connectivity index is 2.96. The Hall–Kier alpha value is -0.390. The molecule has 0 amide bonds. The van der Waals surface area contributed by atoms with Gasteiger partial charge < -0.3 is 20.5 Å². The van der Waals surface area contributed by atoms with Crippen LogP contribution in [0.3, 0.4) is 0 Å². The van der Waals surface area contributed by atoms with Gasteiger partial charge in [-0.25, -0.2) is 0 Å². The molecule has 0 fully saturated rings. The largest absolute Gasteiger partial charge is 0.379 e. The van der Waals surface area contributed by atoms with Crippen molar-refractivity contribution in [1.29, 1.82) is 0 Å². The van der Waals surface area contributed by atoms with Gasteiger partial charge >= 0.3 is 0 Å². The first-order valence-corrected chi connectivity index (χ1v) is 5.22. The van der Waals surface area contributed by atoms with E-state index in [1.165, 1.54) is 0 Å². The fourth-order valence-electron chi connectivity index (χ4n) is 0.785. The van der Waals surface area contributed by atoms with E-state index in [2.05, 4.69) is 31.4 Å². The lowest BCUT2D eigenvalue weighted by Crippen LogP contribution is -2.32. The molecule has 0 unspecified atom stereocenters. The zero-order valence-corrected chi connectivity index (χ0v) is 9.73. The topological polar surface area (TPSA) is 56.5 Å². The summed E-state index contributed by atoms with van der Waals surface area (Å²) in [5.74, 6) is 0.575. The summed E-state index contributed by atoms with van der Waals surface area (Å²) in [5.41, 5.74) is 5.23. The Morgan fingerprint density at radius 2 is 1.93 bits per heavy atom. The average molecular weight is 220 g/mol. The van der Waals surface area contributed by atoms with Gasteiger partial charge in [0.25, 0.3) is 0 Å². The van der Waals surface area contributed by atoms with E-state index in [-0.39, 0.29) is 0 Å². The van der Waals surface area contributed by atoms with Crippen LogP contribution in [-0.4, -0.2) is 38.1 Å². The third kappa shape index (κ3) is 11.6. The molecule has 4 nitrogen and oxygen atoms in total. The molecule has 0 spiro atoms. The van der Waals surface area contributed by atoms with Crippen LogP contribution in [-0.2, 0) is 9.47 Å². The molecule has 0 aliphatic carbocycles. The van der Waals surface area contributed by atoms with Gasteiger partial charge in [-0.1, -0.05) is 13.8 Å². The van der Waals surface area contributed by atoms with Crippen molar-refractivity contribution in [2.45, 2.75) is 13.8 Å². The van der Waals surface area contributed by atoms with E-state index < -0.39 is 0 Å². The fourth-order valence-corrected chi connectivity index (χ4v) is 0.887. The van der Waals surface area contributed by atoms with E-state index >= 15 is 0 Å². The normalized spacial score (nSPS) is 10.5. The van der Waals surface area contributed by atoms with Crippen LogP contribution in [0, 0.1) is 5.92 Å². The molecule has 84 valence electrons. The monoisotopic (exact) mass is 220 g/mol. The average Bonchev–Trinajstić information content (AvgIpc) is 2.08. The Morgan fingerprint density at radius 1 is 1.29 bits per heavy atom. The molecule has 14 heavy (non-hydrogen) atoms. The Morgan fingerprint density at radius 3 is 2.50 bits per heavy atom. The molecule has 0 saturated carbocycles. The predicted octanol–water partition coefficient (Wildman–Crippen LogP) is 0.509. The minimum atomic E-state index is 0.310. The lowest BCUT2D eigenvalue weighted by Gasteiger charge is -2.07. The number of rotatable bonds is 8. The number of hydrogen-bond donors (Lipinski definition) is 2. The summed E-state index contributed by atoms with van der Waals surface area (Å²) in [4.78, 5) is 0. The van der Waals surface area contributed by atoms with Gasteiger partial charge in [-0.3, -0.25) is 0 Å². The van der Waals surface area contributed by atoms with Crippen LogP contribution in [0.4, 0.5) is 0 Å². The Labute approximate surface area is 91.1 Å². The quantitative estimate of drug-likeness (QED) is 0.461. The van der Waals surface area contributed by atoms with E-state index in [1.807, 2.05) is 0 Å². The van der Waals surface area contributed by atoms with Crippen molar-refractivity contribution >= 4 is 17.3 Å². The lowest BCUT2D eigenvalue weighted by molar-refractivity contribution is 0.0396. The molecule has 0 atom stereocenters. The lowest BCUT2D eigenvalue weighted by atomic mass is 10.2. The molecule has 3 N–H and O–H groups in total. The first-order chi connectivity index (χ1) is 6.63. The minimum Gasteiger partial charge on any atom is -0.379 e. The third-order valence-corrected chi connectivity index (χ3v) is 1.51. The zero-order valence-electron chi connectivity index (χ0n) is 8.91. The molecule has 5 heteroatoms. The number of nitrogens with one attached hydrogen (secondary N) is 1. The molecule has 0 aliphatic rings. The van der Waals surface area contributed by atoms with Crippen molar-refractivity contribution in [3.63, 3.8) is 0 Å². The number of nitrogens with two attached hydrogens (primary N) is 1.